The zero-order valence-electron chi connectivity index (χ0n) is 11.5. The third kappa shape index (κ3) is 1.53. The molecule has 0 radical (unpaired) electrons. The van der Waals surface area contributed by atoms with Crippen molar-refractivity contribution in [3.8, 4) is 0 Å². The number of esters is 2. The largest absolute Gasteiger partial charge is 0.456 e. The zero-order valence-corrected chi connectivity index (χ0v) is 11.5. The maximum absolute atomic E-state index is 11.3. The van der Waals surface area contributed by atoms with E-state index in [2.05, 4.69) is 12.2 Å². The summed E-state index contributed by atoms with van der Waals surface area (Å²) in [6, 6.07) is 0. The highest BCUT2D eigenvalue weighted by Crippen LogP contribution is 2.61. The van der Waals surface area contributed by atoms with Gasteiger partial charge in [-0.25, -0.2) is 0 Å². The molecule has 2 aliphatic carbocycles. The second-order valence-electron chi connectivity index (χ2n) is 6.32. The smallest absolute Gasteiger partial charge is 0.303 e. The molecule has 8 atom stereocenters. The summed E-state index contributed by atoms with van der Waals surface area (Å²) in [5, 5.41) is 0. The number of ether oxygens (including phenoxy) is 3. The SMILES string of the molecule is CC(=O)OC1C(OC(C)=O)C2OC1C1C3C=CC(C3)C21. The maximum atomic E-state index is 11.3. The second-order valence-corrected chi connectivity index (χ2v) is 6.32. The van der Waals surface area contributed by atoms with Gasteiger partial charge in [0.15, 0.2) is 12.2 Å². The molecule has 5 nitrogen and oxygen atoms in total. The molecule has 4 rings (SSSR count). The van der Waals surface area contributed by atoms with E-state index in [4.69, 9.17) is 14.2 Å². The summed E-state index contributed by atoms with van der Waals surface area (Å²) >= 11 is 0. The van der Waals surface area contributed by atoms with E-state index in [1.54, 1.807) is 0 Å². The minimum Gasteiger partial charge on any atom is -0.456 e. The highest BCUT2D eigenvalue weighted by Gasteiger charge is 2.68. The number of rotatable bonds is 2. The second kappa shape index (κ2) is 4.07. The number of carbonyl (C=O) groups excluding carboxylic acids is 2. The summed E-state index contributed by atoms with van der Waals surface area (Å²) < 4.78 is 16.9. The number of fused-ring (bicyclic) bond motifs is 9. The molecule has 0 amide bonds. The van der Waals surface area contributed by atoms with Crippen LogP contribution >= 0.6 is 0 Å². The molecule has 2 aliphatic heterocycles. The van der Waals surface area contributed by atoms with Crippen LogP contribution in [0.1, 0.15) is 20.3 Å². The number of allylic oxidation sites excluding steroid dienone is 2. The van der Waals surface area contributed by atoms with Gasteiger partial charge in [0, 0.05) is 25.7 Å². The van der Waals surface area contributed by atoms with Gasteiger partial charge in [-0.05, 0) is 18.3 Å². The van der Waals surface area contributed by atoms with Crippen molar-refractivity contribution in [2.24, 2.45) is 23.7 Å². The third-order valence-electron chi connectivity index (χ3n) is 5.23. The highest BCUT2D eigenvalue weighted by atomic mass is 16.6. The molecule has 4 aliphatic rings. The van der Waals surface area contributed by atoms with Crippen molar-refractivity contribution in [3.63, 3.8) is 0 Å². The summed E-state index contributed by atoms with van der Waals surface area (Å²) in [7, 11) is 0. The first-order valence-electron chi connectivity index (χ1n) is 7.24. The molecule has 3 fully saturated rings. The summed E-state index contributed by atoms with van der Waals surface area (Å²) in [4.78, 5) is 22.7. The lowest BCUT2D eigenvalue weighted by Gasteiger charge is -2.37. The lowest BCUT2D eigenvalue weighted by atomic mass is 9.71. The van der Waals surface area contributed by atoms with Gasteiger partial charge in [0.05, 0.1) is 0 Å². The van der Waals surface area contributed by atoms with Gasteiger partial charge in [0.25, 0.3) is 0 Å². The van der Waals surface area contributed by atoms with E-state index in [-0.39, 0.29) is 24.1 Å². The Morgan fingerprint density at radius 2 is 1.40 bits per heavy atom. The van der Waals surface area contributed by atoms with Crippen molar-refractivity contribution in [2.75, 3.05) is 0 Å². The normalized spacial score (nSPS) is 50.3. The Labute approximate surface area is 117 Å². The predicted octanol–water partition coefficient (Wildman–Crippen LogP) is 1.07. The topological polar surface area (TPSA) is 61.8 Å². The van der Waals surface area contributed by atoms with Gasteiger partial charge in [-0.3, -0.25) is 9.59 Å². The van der Waals surface area contributed by atoms with Gasteiger partial charge in [-0.15, -0.1) is 0 Å². The molecule has 0 aromatic carbocycles. The fraction of sp³-hybridized carbons (Fsp3) is 0.733. The molecule has 2 saturated heterocycles. The molecule has 0 aromatic rings. The van der Waals surface area contributed by atoms with Crippen molar-refractivity contribution in [1.82, 2.24) is 0 Å². The molecule has 0 spiro atoms. The molecule has 4 bridgehead atoms. The van der Waals surface area contributed by atoms with Crippen LogP contribution in [0.25, 0.3) is 0 Å². The first-order valence-corrected chi connectivity index (χ1v) is 7.24. The summed E-state index contributed by atoms with van der Waals surface area (Å²) in [6.07, 6.45) is 4.54. The van der Waals surface area contributed by atoms with E-state index in [0.29, 0.717) is 23.7 Å². The Morgan fingerprint density at radius 3 is 1.80 bits per heavy atom. The minimum atomic E-state index is -0.449. The molecular weight excluding hydrogens is 260 g/mol. The van der Waals surface area contributed by atoms with Crippen LogP contribution in [0.2, 0.25) is 0 Å². The minimum absolute atomic E-state index is 0.127. The molecule has 20 heavy (non-hydrogen) atoms. The van der Waals surface area contributed by atoms with E-state index in [1.165, 1.54) is 13.8 Å². The Kier molecular flexibility index (Phi) is 2.52. The van der Waals surface area contributed by atoms with Crippen molar-refractivity contribution >= 4 is 11.9 Å². The molecule has 0 N–H and O–H groups in total. The molecule has 0 aromatic heterocycles. The zero-order chi connectivity index (χ0) is 14.0. The lowest BCUT2D eigenvalue weighted by Crippen LogP contribution is -2.51. The average molecular weight is 278 g/mol. The van der Waals surface area contributed by atoms with Crippen LogP contribution < -0.4 is 0 Å². The van der Waals surface area contributed by atoms with E-state index in [0.717, 1.165) is 6.42 Å². The highest BCUT2D eigenvalue weighted by molar-refractivity contribution is 5.67. The quantitative estimate of drug-likeness (QED) is 0.558. The fourth-order valence-electron chi connectivity index (χ4n) is 4.81. The van der Waals surface area contributed by atoms with Crippen LogP contribution in [0.5, 0.6) is 0 Å². The summed E-state index contributed by atoms with van der Waals surface area (Å²) in [6.45, 7) is 2.77. The Hall–Kier alpha value is -1.36. The average Bonchev–Trinajstić information content (AvgIpc) is 3.06. The first kappa shape index (κ1) is 12.4. The summed E-state index contributed by atoms with van der Waals surface area (Å²) in [5.41, 5.74) is 0. The van der Waals surface area contributed by atoms with Gasteiger partial charge >= 0.3 is 11.9 Å². The molecule has 8 unspecified atom stereocenters. The molecule has 2 heterocycles. The van der Waals surface area contributed by atoms with Crippen LogP contribution in [0.15, 0.2) is 12.2 Å². The van der Waals surface area contributed by atoms with Crippen LogP contribution in [0.3, 0.4) is 0 Å². The Bertz CT molecular complexity index is 456. The van der Waals surface area contributed by atoms with Gasteiger partial charge < -0.3 is 14.2 Å². The molecular formula is C15H18O5. The van der Waals surface area contributed by atoms with E-state index in [9.17, 15) is 9.59 Å². The van der Waals surface area contributed by atoms with Gasteiger partial charge in [0.1, 0.15) is 12.2 Å². The van der Waals surface area contributed by atoms with Gasteiger partial charge in [0.2, 0.25) is 0 Å². The number of hydrogen-bond donors (Lipinski definition) is 0. The standard InChI is InChI=1S/C15H18O5/c1-6(16)18-14-12-10-8-3-4-9(5-8)11(10)13(20-12)15(14)19-7(2)17/h3-4,8-15H,5H2,1-2H3. The number of hydrogen-bond acceptors (Lipinski definition) is 5. The van der Waals surface area contributed by atoms with E-state index >= 15 is 0 Å². The third-order valence-corrected chi connectivity index (χ3v) is 5.23. The van der Waals surface area contributed by atoms with Crippen molar-refractivity contribution in [1.29, 1.82) is 0 Å². The Morgan fingerprint density at radius 1 is 0.950 bits per heavy atom. The van der Waals surface area contributed by atoms with Crippen molar-refractivity contribution in [2.45, 2.75) is 44.7 Å². The monoisotopic (exact) mass is 278 g/mol. The van der Waals surface area contributed by atoms with E-state index in [1.807, 2.05) is 0 Å². The van der Waals surface area contributed by atoms with Gasteiger partial charge in [-0.2, -0.15) is 0 Å². The van der Waals surface area contributed by atoms with Gasteiger partial charge in [-0.1, -0.05) is 12.2 Å². The summed E-state index contributed by atoms with van der Waals surface area (Å²) in [5.74, 6) is 1.17. The van der Waals surface area contributed by atoms with Crippen molar-refractivity contribution in [3.05, 3.63) is 12.2 Å². The van der Waals surface area contributed by atoms with Crippen LogP contribution in [-0.2, 0) is 23.8 Å². The predicted molar refractivity (Wildman–Crippen MR) is 67.5 cm³/mol. The first-order chi connectivity index (χ1) is 9.56. The number of carbonyl (C=O) groups is 2. The fourth-order valence-corrected chi connectivity index (χ4v) is 4.81. The van der Waals surface area contributed by atoms with Crippen LogP contribution in [0.4, 0.5) is 0 Å². The lowest BCUT2D eigenvalue weighted by molar-refractivity contribution is -0.169. The molecule has 1 saturated carbocycles. The van der Waals surface area contributed by atoms with Crippen LogP contribution in [0, 0.1) is 23.7 Å². The molecule has 5 heteroatoms. The Balaban J connectivity index is 1.64. The van der Waals surface area contributed by atoms with E-state index < -0.39 is 12.2 Å². The maximum Gasteiger partial charge on any atom is 0.303 e. The molecule has 108 valence electrons. The van der Waals surface area contributed by atoms with Crippen molar-refractivity contribution < 1.29 is 23.8 Å². The van der Waals surface area contributed by atoms with Crippen LogP contribution in [-0.4, -0.2) is 36.4 Å².